The highest BCUT2D eigenvalue weighted by atomic mass is 35.5. The third kappa shape index (κ3) is 2.77. The van der Waals surface area contributed by atoms with Crippen molar-refractivity contribution < 1.29 is 13.2 Å². The molecule has 0 aromatic heterocycles. The van der Waals surface area contributed by atoms with E-state index in [4.69, 9.17) is 11.6 Å². The molecule has 26 heavy (non-hydrogen) atoms. The van der Waals surface area contributed by atoms with E-state index in [0.29, 0.717) is 10.7 Å². The summed E-state index contributed by atoms with van der Waals surface area (Å²) in [5.74, 6) is -0.0509. The molecule has 2 fully saturated rings. The predicted octanol–water partition coefficient (Wildman–Crippen LogP) is 3.57. The van der Waals surface area contributed by atoms with E-state index in [1.54, 1.807) is 34.1 Å². The van der Waals surface area contributed by atoms with Gasteiger partial charge in [-0.25, -0.2) is 13.2 Å². The smallest absolute Gasteiger partial charge is 0.288 e. The molecule has 2 heterocycles. The summed E-state index contributed by atoms with van der Waals surface area (Å²) in [5.41, 5.74) is 3.55. The summed E-state index contributed by atoms with van der Waals surface area (Å²) in [4.78, 5) is 16.5. The van der Waals surface area contributed by atoms with Crippen molar-refractivity contribution in [2.75, 3.05) is 21.3 Å². The number of hydrogen-bond acceptors (Lipinski definition) is 3. The second kappa shape index (κ2) is 5.99. The minimum atomic E-state index is -3.21. The van der Waals surface area contributed by atoms with E-state index in [1.807, 2.05) is 32.0 Å². The van der Waals surface area contributed by atoms with Gasteiger partial charge in [-0.1, -0.05) is 23.7 Å². The van der Waals surface area contributed by atoms with Gasteiger partial charge in [0, 0.05) is 16.4 Å². The minimum absolute atomic E-state index is 0.0204. The van der Waals surface area contributed by atoms with Gasteiger partial charge in [-0.3, -0.25) is 9.80 Å². The van der Waals surface area contributed by atoms with Gasteiger partial charge in [0.05, 0.1) is 23.6 Å². The molecule has 0 N–H and O–H groups in total. The number of urea groups is 1. The number of carbonyl (C=O) groups excluding carboxylic acids is 1. The molecule has 2 aromatic carbocycles. The fraction of sp³-hybridized carbons (Fsp3) is 0.316. The lowest BCUT2D eigenvalue weighted by Crippen LogP contribution is -2.38. The molecule has 2 aliphatic rings. The Bertz CT molecular complexity index is 1010. The number of sulfone groups is 1. The second-order valence-electron chi connectivity index (χ2n) is 6.98. The Morgan fingerprint density at radius 3 is 2.12 bits per heavy atom. The number of rotatable bonds is 2. The lowest BCUT2D eigenvalue weighted by atomic mass is 10.1. The van der Waals surface area contributed by atoms with Crippen molar-refractivity contribution in [2.24, 2.45) is 0 Å². The predicted molar refractivity (Wildman–Crippen MR) is 104 cm³/mol. The summed E-state index contributed by atoms with van der Waals surface area (Å²) in [6, 6.07) is 11.7. The highest BCUT2D eigenvalue weighted by molar-refractivity contribution is 7.91. The first kappa shape index (κ1) is 17.4. The first-order valence-electron chi connectivity index (χ1n) is 8.42. The minimum Gasteiger partial charge on any atom is -0.288 e. The maximum absolute atomic E-state index is 13.3. The Balaban J connectivity index is 1.82. The van der Waals surface area contributed by atoms with Crippen LogP contribution in [0.25, 0.3) is 0 Å². The third-order valence-electron chi connectivity index (χ3n) is 5.22. The van der Waals surface area contributed by atoms with E-state index in [1.165, 1.54) is 0 Å². The van der Waals surface area contributed by atoms with Crippen LogP contribution in [0.5, 0.6) is 0 Å². The van der Waals surface area contributed by atoms with Crippen LogP contribution < -0.4 is 9.80 Å². The lowest BCUT2D eigenvalue weighted by molar-refractivity contribution is 0.255. The van der Waals surface area contributed by atoms with E-state index >= 15 is 0 Å². The largest absolute Gasteiger partial charge is 0.329 e. The molecule has 0 aliphatic carbocycles. The third-order valence-corrected chi connectivity index (χ3v) is 7.16. The van der Waals surface area contributed by atoms with E-state index in [0.717, 1.165) is 16.8 Å². The SMILES string of the molecule is Cc1ccc(N2C(=O)N(c3cccc(Cl)c3)[C@H]3CS(=O)(=O)C[C@H]32)cc1C. The van der Waals surface area contributed by atoms with Gasteiger partial charge in [0.1, 0.15) is 0 Å². The lowest BCUT2D eigenvalue weighted by Gasteiger charge is -2.23. The van der Waals surface area contributed by atoms with Crippen LogP contribution in [0.15, 0.2) is 42.5 Å². The van der Waals surface area contributed by atoms with Crippen LogP contribution in [-0.4, -0.2) is 38.0 Å². The van der Waals surface area contributed by atoms with Crippen LogP contribution in [0.1, 0.15) is 11.1 Å². The molecule has 7 heteroatoms. The topological polar surface area (TPSA) is 57.7 Å². The number of anilines is 2. The molecule has 2 atom stereocenters. The summed E-state index contributed by atoms with van der Waals surface area (Å²) >= 11 is 6.09. The molecule has 2 saturated heterocycles. The summed E-state index contributed by atoms with van der Waals surface area (Å²) in [6.45, 7) is 3.99. The average molecular weight is 391 g/mol. The van der Waals surface area contributed by atoms with Crippen LogP contribution in [0.2, 0.25) is 5.02 Å². The Morgan fingerprint density at radius 2 is 1.54 bits per heavy atom. The van der Waals surface area contributed by atoms with Crippen molar-refractivity contribution in [2.45, 2.75) is 25.9 Å². The quantitative estimate of drug-likeness (QED) is 0.736. The van der Waals surface area contributed by atoms with Crippen molar-refractivity contribution in [3.63, 3.8) is 0 Å². The van der Waals surface area contributed by atoms with Crippen molar-refractivity contribution in [3.8, 4) is 0 Å². The van der Waals surface area contributed by atoms with Gasteiger partial charge < -0.3 is 0 Å². The van der Waals surface area contributed by atoms with Crippen LogP contribution in [0.4, 0.5) is 16.2 Å². The van der Waals surface area contributed by atoms with Gasteiger partial charge in [-0.05, 0) is 55.3 Å². The number of halogens is 1. The molecule has 2 aromatic rings. The van der Waals surface area contributed by atoms with E-state index < -0.39 is 21.9 Å². The standard InChI is InChI=1S/C19H19ClN2O3S/c1-12-6-7-16(8-13(12)2)22-18-11-26(24,25)10-17(18)21(19(22)23)15-5-3-4-14(20)9-15/h3-9,17-18H,10-11H2,1-2H3/t17-,18+/m0/s1. The highest BCUT2D eigenvalue weighted by Crippen LogP contribution is 2.38. The zero-order chi connectivity index (χ0) is 18.6. The van der Waals surface area contributed by atoms with Gasteiger partial charge in [0.25, 0.3) is 0 Å². The second-order valence-corrected chi connectivity index (χ2v) is 9.57. The van der Waals surface area contributed by atoms with Gasteiger partial charge in [-0.2, -0.15) is 0 Å². The molecular weight excluding hydrogens is 372 g/mol. The normalized spacial score (nSPS) is 24.2. The molecule has 136 valence electrons. The van der Waals surface area contributed by atoms with E-state index in [-0.39, 0.29) is 17.5 Å². The fourth-order valence-corrected chi connectivity index (χ4v) is 5.91. The Hall–Kier alpha value is -2.05. The number of hydrogen-bond donors (Lipinski definition) is 0. The maximum Gasteiger partial charge on any atom is 0.329 e. The van der Waals surface area contributed by atoms with Crippen molar-refractivity contribution in [1.29, 1.82) is 0 Å². The number of nitrogens with zero attached hydrogens (tertiary/aromatic N) is 2. The zero-order valence-electron chi connectivity index (χ0n) is 14.5. The van der Waals surface area contributed by atoms with Crippen LogP contribution >= 0.6 is 11.6 Å². The van der Waals surface area contributed by atoms with Crippen molar-refractivity contribution in [3.05, 3.63) is 58.6 Å². The highest BCUT2D eigenvalue weighted by Gasteiger charge is 2.54. The molecule has 5 nitrogen and oxygen atoms in total. The number of amides is 2. The number of fused-ring (bicyclic) bond motifs is 1. The number of benzene rings is 2. The summed E-state index contributed by atoms with van der Waals surface area (Å²) in [7, 11) is -3.21. The van der Waals surface area contributed by atoms with Crippen molar-refractivity contribution in [1.82, 2.24) is 0 Å². The van der Waals surface area contributed by atoms with Crippen LogP contribution in [-0.2, 0) is 9.84 Å². The maximum atomic E-state index is 13.3. The number of carbonyl (C=O) groups is 1. The van der Waals surface area contributed by atoms with Crippen molar-refractivity contribution >= 4 is 38.8 Å². The summed E-state index contributed by atoms with van der Waals surface area (Å²) in [6.07, 6.45) is 0. The van der Waals surface area contributed by atoms with Crippen LogP contribution in [0, 0.1) is 13.8 Å². The molecule has 4 rings (SSSR count). The first-order valence-corrected chi connectivity index (χ1v) is 10.6. The summed E-state index contributed by atoms with van der Waals surface area (Å²) < 4.78 is 24.6. The molecule has 2 aliphatic heterocycles. The first-order chi connectivity index (χ1) is 12.3. The average Bonchev–Trinajstić information content (AvgIpc) is 2.99. The van der Waals surface area contributed by atoms with Crippen LogP contribution in [0.3, 0.4) is 0 Å². The Kier molecular flexibility index (Phi) is 4.00. The monoisotopic (exact) mass is 390 g/mol. The Labute approximate surface area is 158 Å². The fourth-order valence-electron chi connectivity index (χ4n) is 3.81. The van der Waals surface area contributed by atoms with Gasteiger partial charge in [-0.15, -0.1) is 0 Å². The molecule has 2 amide bonds. The van der Waals surface area contributed by atoms with E-state index in [9.17, 15) is 13.2 Å². The number of aryl methyl sites for hydroxylation is 2. The molecule has 0 bridgehead atoms. The van der Waals surface area contributed by atoms with Gasteiger partial charge in [0.2, 0.25) is 0 Å². The molecule has 0 unspecified atom stereocenters. The Morgan fingerprint density at radius 1 is 0.923 bits per heavy atom. The van der Waals surface area contributed by atoms with Gasteiger partial charge >= 0.3 is 6.03 Å². The molecule has 0 saturated carbocycles. The van der Waals surface area contributed by atoms with E-state index in [2.05, 4.69) is 0 Å². The van der Waals surface area contributed by atoms with Gasteiger partial charge in [0.15, 0.2) is 9.84 Å². The molecule has 0 spiro atoms. The molecular formula is C19H19ClN2O3S. The summed E-state index contributed by atoms with van der Waals surface area (Å²) in [5, 5.41) is 0.511. The zero-order valence-corrected chi connectivity index (χ0v) is 16.1. The molecule has 0 radical (unpaired) electrons.